The minimum atomic E-state index is -2.07. The van der Waals surface area contributed by atoms with E-state index in [4.69, 9.17) is 5.73 Å². The zero-order valence-electron chi connectivity index (χ0n) is 50.6. The van der Waals surface area contributed by atoms with Crippen molar-refractivity contribution in [2.45, 2.75) is 126 Å². The fourth-order valence-electron chi connectivity index (χ4n) is 9.40. The van der Waals surface area contributed by atoms with E-state index < -0.39 is 157 Å². The number of carboxylic acid groups (broad SMARTS) is 2. The summed E-state index contributed by atoms with van der Waals surface area (Å²) in [4.78, 5) is 151. The summed E-state index contributed by atoms with van der Waals surface area (Å²) in [6.07, 6.45) is -3.93. The summed E-state index contributed by atoms with van der Waals surface area (Å²) < 4.78 is 0. The van der Waals surface area contributed by atoms with Crippen molar-refractivity contribution in [3.8, 4) is 17.2 Å². The summed E-state index contributed by atoms with van der Waals surface area (Å²) in [7, 11) is 0. The molecule has 28 nitrogen and oxygen atoms in total. The lowest BCUT2D eigenvalue weighted by molar-refractivity contribution is -0.143. The molecule has 492 valence electrons. The third kappa shape index (κ3) is 23.2. The van der Waals surface area contributed by atoms with E-state index in [9.17, 15) is 88.5 Å². The van der Waals surface area contributed by atoms with Gasteiger partial charge in [0.25, 0.3) is 0 Å². The van der Waals surface area contributed by atoms with Crippen molar-refractivity contribution in [3.05, 3.63) is 161 Å². The predicted octanol–water partition coefficient (Wildman–Crippen LogP) is -1.38. The Labute approximate surface area is 529 Å². The quantitative estimate of drug-likeness (QED) is 0.0222. The first-order valence-electron chi connectivity index (χ1n) is 29.3. The van der Waals surface area contributed by atoms with Gasteiger partial charge in [-0.15, -0.1) is 0 Å². The van der Waals surface area contributed by atoms with Gasteiger partial charge in [0.1, 0.15) is 71.6 Å². The fourth-order valence-corrected chi connectivity index (χ4v) is 9.40. The Morgan fingerprint density at radius 3 is 1.05 bits per heavy atom. The van der Waals surface area contributed by atoms with Crippen molar-refractivity contribution in [1.82, 2.24) is 47.9 Å². The molecule has 0 heterocycles. The number of aliphatic hydroxyl groups is 2. The van der Waals surface area contributed by atoms with Crippen LogP contribution < -0.4 is 53.6 Å². The van der Waals surface area contributed by atoms with Gasteiger partial charge in [-0.05, 0) is 77.1 Å². The van der Waals surface area contributed by atoms with Crippen LogP contribution in [0.25, 0.3) is 0 Å². The van der Waals surface area contributed by atoms with E-state index in [-0.39, 0.29) is 42.9 Å². The molecule has 0 aliphatic heterocycles. The molecule has 0 aromatic heterocycles. The third-order valence-corrected chi connectivity index (χ3v) is 14.7. The normalized spacial score (nSPS) is 14.6. The van der Waals surface area contributed by atoms with Crippen molar-refractivity contribution in [1.29, 1.82) is 0 Å². The highest BCUT2D eigenvalue weighted by Gasteiger charge is 2.38. The van der Waals surface area contributed by atoms with Gasteiger partial charge in [0, 0.05) is 32.1 Å². The largest absolute Gasteiger partial charge is 0.508 e. The van der Waals surface area contributed by atoms with Crippen LogP contribution in [0.3, 0.4) is 0 Å². The Bertz CT molecular complexity index is 3320. The van der Waals surface area contributed by atoms with E-state index in [0.717, 1.165) is 6.92 Å². The molecule has 0 aliphatic rings. The monoisotopic (exact) mass is 1270 g/mol. The van der Waals surface area contributed by atoms with Gasteiger partial charge in [-0.3, -0.25) is 47.9 Å². The van der Waals surface area contributed by atoms with Crippen molar-refractivity contribution in [2.75, 3.05) is 13.2 Å². The van der Waals surface area contributed by atoms with Crippen molar-refractivity contribution in [2.24, 2.45) is 11.7 Å². The highest BCUT2D eigenvalue weighted by molar-refractivity contribution is 5.99. The van der Waals surface area contributed by atoms with Crippen molar-refractivity contribution >= 4 is 65.1 Å². The number of hydrogen-bond acceptors (Lipinski definition) is 17. The summed E-state index contributed by atoms with van der Waals surface area (Å²) in [6, 6.07) is 18.1. The first-order valence-corrected chi connectivity index (χ1v) is 29.3. The molecule has 5 aromatic rings. The van der Waals surface area contributed by atoms with Crippen LogP contribution in [-0.2, 0) is 84.8 Å². The molecule has 0 bridgehead atoms. The number of aromatic hydroxyl groups is 3. The zero-order chi connectivity index (χ0) is 67.6. The summed E-state index contributed by atoms with van der Waals surface area (Å²) >= 11 is 0. The van der Waals surface area contributed by atoms with Crippen LogP contribution in [0, 0.1) is 5.92 Å². The molecule has 0 unspecified atom stereocenters. The molecule has 11 atom stereocenters. The fraction of sp³-hybridized carbons (Fsp3) is 0.359. The van der Waals surface area contributed by atoms with Crippen molar-refractivity contribution in [3.63, 3.8) is 0 Å². The molecular weight excluding hydrogens is 1200 g/mol. The minimum absolute atomic E-state index is 0.0666. The Kier molecular flexibility index (Phi) is 28.0. The van der Waals surface area contributed by atoms with Gasteiger partial charge in [-0.1, -0.05) is 117 Å². The van der Waals surface area contributed by atoms with E-state index in [0.29, 0.717) is 34.2 Å². The number of aliphatic carboxylic acids is 2. The number of nitrogens with two attached hydrogens (primary N) is 1. The van der Waals surface area contributed by atoms with E-state index in [1.54, 1.807) is 74.5 Å². The number of aliphatic hydroxyl groups excluding tert-OH is 2. The second-order valence-electron chi connectivity index (χ2n) is 21.9. The summed E-state index contributed by atoms with van der Waals surface area (Å²) in [5.74, 6) is -13.4. The SMILES string of the molecule is CC[C@H](C)[C@H](NC(=O)[C@H](Cc1ccccc1)NC(=O)[C@H](Cc1ccc(O)cc1)NC(=O)[C@H](CC(=O)O)NC(=O)[C@@H](NC(=O)[C@H](Cc1ccccc1)NC(=O)[C@H](CO)NC(=O)[C@H](Cc1ccc(O)cc1)NC(=O)CN)[C@@H](C)O)C(=O)N[C@@H](Cc1ccc(O)cc1)C(=O)O. The van der Waals surface area contributed by atoms with Gasteiger partial charge in [-0.25, -0.2) is 4.79 Å². The average molecular weight is 1280 g/mol. The van der Waals surface area contributed by atoms with Crippen LogP contribution in [0.4, 0.5) is 0 Å². The lowest BCUT2D eigenvalue weighted by atomic mass is 9.96. The molecule has 5 aromatic carbocycles. The Morgan fingerprint density at radius 2 is 0.696 bits per heavy atom. The van der Waals surface area contributed by atoms with Gasteiger partial charge >= 0.3 is 11.9 Å². The second-order valence-corrected chi connectivity index (χ2v) is 21.9. The summed E-state index contributed by atoms with van der Waals surface area (Å²) in [6.45, 7) is 2.88. The first-order chi connectivity index (χ1) is 43.8. The lowest BCUT2D eigenvalue weighted by Gasteiger charge is -2.29. The van der Waals surface area contributed by atoms with Gasteiger partial charge in [0.15, 0.2) is 0 Å². The summed E-state index contributed by atoms with van der Waals surface area (Å²) in [5.41, 5.74) is 7.68. The van der Waals surface area contributed by atoms with Crippen LogP contribution in [0.15, 0.2) is 133 Å². The molecule has 0 saturated heterocycles. The number of amides is 9. The number of carboxylic acids is 2. The average Bonchev–Trinajstić information content (AvgIpc) is 1.44. The number of carbonyl (C=O) groups excluding carboxylic acids is 9. The standard InChI is InChI=1S/C64H78N10O18/c1-4-35(2)54(62(89)71-50(64(91)92)31-41-19-25-44(79)26-20-41)73-59(86)47(27-37-11-7-5-8-12-37)68-57(84)46(30-40-17-23-43(78)24-18-40)67-58(85)49(32-53(81)82)70-63(90)55(36(3)76)74-60(87)48(28-38-13-9-6-10-14-38)69-61(88)51(34-75)72-56(83)45(66-52(80)33-65)29-39-15-21-42(77)22-16-39/h5-26,35-36,45-51,54-55,75-79H,4,27-34,65H2,1-3H3,(H,66,80)(H,67,85)(H,68,84)(H,69,88)(H,70,90)(H,71,89)(H,72,83)(H,73,86)(H,74,87)(H,81,82)(H,91,92)/t35-,36+,45-,46-,47-,48-,49-,50-,51-,54-,55-/m0/s1. The molecule has 18 N–H and O–H groups in total. The van der Waals surface area contributed by atoms with Gasteiger partial charge in [0.05, 0.1) is 25.7 Å². The van der Waals surface area contributed by atoms with Crippen LogP contribution in [-0.4, -0.2) is 174 Å². The van der Waals surface area contributed by atoms with Crippen molar-refractivity contribution < 1.29 is 88.5 Å². The maximum Gasteiger partial charge on any atom is 0.326 e. The number of rotatable bonds is 35. The van der Waals surface area contributed by atoms with E-state index in [1.807, 2.05) is 0 Å². The Hall–Kier alpha value is -10.5. The highest BCUT2D eigenvalue weighted by Crippen LogP contribution is 2.17. The zero-order valence-corrected chi connectivity index (χ0v) is 50.6. The maximum absolute atomic E-state index is 14.7. The molecule has 0 saturated carbocycles. The molecular formula is C64H78N10O18. The minimum Gasteiger partial charge on any atom is -0.508 e. The molecule has 9 amide bonds. The van der Waals surface area contributed by atoms with Gasteiger partial charge in [0.2, 0.25) is 53.2 Å². The number of carbonyl (C=O) groups is 11. The number of phenolic OH excluding ortho intramolecular Hbond substituents is 3. The third-order valence-electron chi connectivity index (χ3n) is 14.7. The van der Waals surface area contributed by atoms with E-state index >= 15 is 0 Å². The van der Waals surface area contributed by atoms with E-state index in [2.05, 4.69) is 47.9 Å². The lowest BCUT2D eigenvalue weighted by Crippen LogP contribution is -2.63. The Balaban J connectivity index is 1.39. The molecule has 0 spiro atoms. The topological polar surface area (TPSA) is 464 Å². The van der Waals surface area contributed by atoms with Crippen LogP contribution in [0.1, 0.15) is 61.4 Å². The molecule has 0 aliphatic carbocycles. The Morgan fingerprint density at radius 1 is 0.391 bits per heavy atom. The molecule has 0 fully saturated rings. The van der Waals surface area contributed by atoms with E-state index in [1.165, 1.54) is 72.8 Å². The number of benzene rings is 5. The van der Waals surface area contributed by atoms with Gasteiger partial charge in [-0.2, -0.15) is 0 Å². The highest BCUT2D eigenvalue weighted by atomic mass is 16.4. The maximum atomic E-state index is 14.7. The predicted molar refractivity (Wildman–Crippen MR) is 330 cm³/mol. The molecule has 92 heavy (non-hydrogen) atoms. The number of nitrogens with one attached hydrogen (secondary N) is 9. The first kappa shape index (κ1) is 72.3. The van der Waals surface area contributed by atoms with Gasteiger partial charge < -0.3 is 89.3 Å². The molecule has 0 radical (unpaired) electrons. The smallest absolute Gasteiger partial charge is 0.326 e. The number of hydrogen-bond donors (Lipinski definition) is 17. The summed E-state index contributed by atoms with van der Waals surface area (Å²) in [5, 5.41) is 93.1. The van der Waals surface area contributed by atoms with Crippen LogP contribution in [0.2, 0.25) is 0 Å². The van der Waals surface area contributed by atoms with Crippen LogP contribution in [0.5, 0.6) is 17.2 Å². The number of phenols is 3. The van der Waals surface area contributed by atoms with Crippen LogP contribution >= 0.6 is 0 Å². The second kappa shape index (κ2) is 35.7. The molecule has 5 rings (SSSR count). The molecule has 28 heteroatoms.